The molecule has 11 heteroatoms. The van der Waals surface area contributed by atoms with E-state index in [2.05, 4.69) is 5.32 Å². The predicted molar refractivity (Wildman–Crippen MR) is 157 cm³/mol. The van der Waals surface area contributed by atoms with Gasteiger partial charge in [0.25, 0.3) is 0 Å². The number of nitrogens with one attached hydrogen (secondary N) is 1. The molecule has 3 rings (SSSR count). The first-order valence-corrected chi connectivity index (χ1v) is 15.5. The number of nitrogens with zero attached hydrogens (tertiary/aromatic N) is 2. The molecule has 226 valence electrons. The number of sulfonamides is 1. The first-order valence-electron chi connectivity index (χ1n) is 13.6. The molecule has 0 aliphatic rings. The Morgan fingerprint density at radius 1 is 0.929 bits per heavy atom. The standard InChI is InChI=1S/C31H36F3N3O4S/c1-4-5-18-35-30(39)28(19-24-10-7-6-8-11-24)36(21-25-16-14-23(2)15-17-25)29(38)22-37(42(3,40)41)27-13-9-12-26(20-27)31(32,33)34/h6-17,20,28H,4-5,18-19,21-22H2,1-3H3,(H,35,39)/t28-/m1/s1. The number of aryl methyl sites for hydroxylation is 1. The van der Waals surface area contributed by atoms with Gasteiger partial charge in [-0.2, -0.15) is 13.2 Å². The van der Waals surface area contributed by atoms with Crippen LogP contribution in [0.3, 0.4) is 0 Å². The summed E-state index contributed by atoms with van der Waals surface area (Å²) >= 11 is 0. The van der Waals surface area contributed by atoms with Crippen LogP contribution in [-0.2, 0) is 38.8 Å². The molecule has 0 spiro atoms. The Morgan fingerprint density at radius 3 is 2.19 bits per heavy atom. The molecule has 0 aliphatic carbocycles. The molecule has 2 amide bonds. The Balaban J connectivity index is 2.05. The summed E-state index contributed by atoms with van der Waals surface area (Å²) < 4.78 is 66.6. The molecule has 7 nitrogen and oxygen atoms in total. The summed E-state index contributed by atoms with van der Waals surface area (Å²) in [6.45, 7) is 3.48. The van der Waals surface area contributed by atoms with E-state index in [1.807, 2.05) is 68.4 Å². The number of amides is 2. The van der Waals surface area contributed by atoms with Gasteiger partial charge in [0.05, 0.1) is 17.5 Å². The molecule has 0 saturated heterocycles. The van der Waals surface area contributed by atoms with E-state index in [1.54, 1.807) is 0 Å². The summed E-state index contributed by atoms with van der Waals surface area (Å²) in [5.74, 6) is -1.14. The third-order valence-corrected chi connectivity index (χ3v) is 7.86. The van der Waals surface area contributed by atoms with Gasteiger partial charge in [-0.1, -0.05) is 79.6 Å². The number of carbonyl (C=O) groups is 2. The van der Waals surface area contributed by atoms with Crippen molar-refractivity contribution in [2.45, 2.75) is 51.9 Å². The fourth-order valence-electron chi connectivity index (χ4n) is 4.40. The van der Waals surface area contributed by atoms with Gasteiger partial charge < -0.3 is 10.2 Å². The van der Waals surface area contributed by atoms with Gasteiger partial charge in [-0.15, -0.1) is 0 Å². The summed E-state index contributed by atoms with van der Waals surface area (Å²) in [4.78, 5) is 28.9. The number of benzene rings is 3. The van der Waals surface area contributed by atoms with Crippen molar-refractivity contribution in [1.82, 2.24) is 10.2 Å². The SMILES string of the molecule is CCCCNC(=O)[C@@H](Cc1ccccc1)N(Cc1ccc(C)cc1)C(=O)CN(c1cccc(C(F)(F)F)c1)S(C)(=O)=O. The number of halogens is 3. The lowest BCUT2D eigenvalue weighted by Crippen LogP contribution is -2.53. The van der Waals surface area contributed by atoms with Crippen molar-refractivity contribution in [1.29, 1.82) is 0 Å². The smallest absolute Gasteiger partial charge is 0.354 e. The number of anilines is 1. The number of hydrogen-bond acceptors (Lipinski definition) is 4. The van der Waals surface area contributed by atoms with E-state index in [0.717, 1.165) is 42.4 Å². The van der Waals surface area contributed by atoms with Crippen LogP contribution in [0.1, 0.15) is 42.0 Å². The third-order valence-electron chi connectivity index (χ3n) is 6.71. The van der Waals surface area contributed by atoms with E-state index in [1.165, 1.54) is 11.0 Å². The van der Waals surface area contributed by atoms with Crippen LogP contribution < -0.4 is 9.62 Å². The van der Waals surface area contributed by atoms with Crippen LogP contribution in [-0.4, -0.2) is 50.5 Å². The first-order chi connectivity index (χ1) is 19.8. The molecule has 1 N–H and O–H groups in total. The van der Waals surface area contributed by atoms with E-state index in [0.29, 0.717) is 22.5 Å². The Kier molecular flexibility index (Phi) is 11.2. The van der Waals surface area contributed by atoms with Crippen LogP contribution in [0.4, 0.5) is 18.9 Å². The molecule has 0 radical (unpaired) electrons. The summed E-state index contributed by atoms with van der Waals surface area (Å²) in [6.07, 6.45) is -2.16. The molecule has 3 aromatic rings. The van der Waals surface area contributed by atoms with Crippen molar-refractivity contribution >= 4 is 27.5 Å². The van der Waals surface area contributed by atoms with Crippen molar-refractivity contribution in [3.63, 3.8) is 0 Å². The minimum absolute atomic E-state index is 0.0159. The molecule has 0 heterocycles. The van der Waals surface area contributed by atoms with Crippen LogP contribution in [0, 0.1) is 6.92 Å². The zero-order valence-corrected chi connectivity index (χ0v) is 24.7. The lowest BCUT2D eigenvalue weighted by atomic mass is 10.0. The van der Waals surface area contributed by atoms with Gasteiger partial charge in [-0.3, -0.25) is 13.9 Å². The highest BCUT2D eigenvalue weighted by molar-refractivity contribution is 7.92. The second-order valence-electron chi connectivity index (χ2n) is 10.2. The van der Waals surface area contributed by atoms with Gasteiger partial charge in [0.15, 0.2) is 0 Å². The highest BCUT2D eigenvalue weighted by atomic mass is 32.2. The molecule has 0 aliphatic heterocycles. The van der Waals surface area contributed by atoms with Gasteiger partial charge in [-0.05, 0) is 42.7 Å². The van der Waals surface area contributed by atoms with Gasteiger partial charge in [0.1, 0.15) is 12.6 Å². The molecule has 0 bridgehead atoms. The average molecular weight is 604 g/mol. The Hall–Kier alpha value is -3.86. The van der Waals surface area contributed by atoms with Crippen LogP contribution in [0.2, 0.25) is 0 Å². The highest BCUT2D eigenvalue weighted by Gasteiger charge is 2.35. The van der Waals surface area contributed by atoms with Crippen LogP contribution in [0.25, 0.3) is 0 Å². The number of rotatable bonds is 13. The largest absolute Gasteiger partial charge is 0.416 e. The normalized spacial score (nSPS) is 12.4. The fraction of sp³-hybridized carbons (Fsp3) is 0.355. The Labute approximate surface area is 245 Å². The summed E-state index contributed by atoms with van der Waals surface area (Å²) in [5, 5.41) is 2.88. The lowest BCUT2D eigenvalue weighted by molar-refractivity contribution is -0.140. The summed E-state index contributed by atoms with van der Waals surface area (Å²) in [6, 6.07) is 19.2. The summed E-state index contributed by atoms with van der Waals surface area (Å²) in [7, 11) is -4.19. The van der Waals surface area contributed by atoms with Crippen molar-refractivity contribution in [2.24, 2.45) is 0 Å². The van der Waals surface area contributed by atoms with E-state index in [-0.39, 0.29) is 18.7 Å². The van der Waals surface area contributed by atoms with Crippen molar-refractivity contribution < 1.29 is 31.2 Å². The summed E-state index contributed by atoms with van der Waals surface area (Å²) in [5.41, 5.74) is 1.13. The van der Waals surface area contributed by atoms with Crippen LogP contribution in [0.5, 0.6) is 0 Å². The molecule has 3 aromatic carbocycles. The molecule has 0 aromatic heterocycles. The van der Waals surface area contributed by atoms with Crippen molar-refractivity contribution in [2.75, 3.05) is 23.7 Å². The van der Waals surface area contributed by atoms with E-state index in [9.17, 15) is 31.2 Å². The van der Waals surface area contributed by atoms with E-state index < -0.39 is 46.2 Å². The van der Waals surface area contributed by atoms with E-state index >= 15 is 0 Å². The quantitative estimate of drug-likeness (QED) is 0.268. The molecule has 42 heavy (non-hydrogen) atoms. The topological polar surface area (TPSA) is 86.8 Å². The van der Waals surface area contributed by atoms with Gasteiger partial charge in [0.2, 0.25) is 21.8 Å². The zero-order chi connectivity index (χ0) is 30.9. The highest BCUT2D eigenvalue weighted by Crippen LogP contribution is 2.32. The molecule has 0 saturated carbocycles. The molecule has 0 fully saturated rings. The fourth-order valence-corrected chi connectivity index (χ4v) is 5.24. The number of unbranched alkanes of at least 4 members (excludes halogenated alkanes) is 1. The predicted octanol–water partition coefficient (Wildman–Crippen LogP) is 5.34. The molecular weight excluding hydrogens is 567 g/mol. The minimum Gasteiger partial charge on any atom is -0.354 e. The lowest BCUT2D eigenvalue weighted by Gasteiger charge is -2.33. The zero-order valence-electron chi connectivity index (χ0n) is 23.9. The maximum Gasteiger partial charge on any atom is 0.416 e. The first kappa shape index (κ1) is 32.7. The van der Waals surface area contributed by atoms with Gasteiger partial charge in [-0.25, -0.2) is 8.42 Å². The maximum atomic E-state index is 14.0. The number of hydrogen-bond donors (Lipinski definition) is 1. The van der Waals surface area contributed by atoms with Gasteiger partial charge >= 0.3 is 6.18 Å². The molecular formula is C31H36F3N3O4S. The third kappa shape index (κ3) is 9.34. The van der Waals surface area contributed by atoms with Crippen LogP contribution >= 0.6 is 0 Å². The van der Waals surface area contributed by atoms with Crippen molar-refractivity contribution in [3.05, 3.63) is 101 Å². The average Bonchev–Trinajstić information content (AvgIpc) is 2.94. The molecule has 0 unspecified atom stereocenters. The van der Waals surface area contributed by atoms with Gasteiger partial charge in [0, 0.05) is 19.5 Å². The minimum atomic E-state index is -4.71. The Bertz CT molecular complexity index is 1450. The Morgan fingerprint density at radius 2 is 1.60 bits per heavy atom. The van der Waals surface area contributed by atoms with Crippen LogP contribution in [0.15, 0.2) is 78.9 Å². The van der Waals surface area contributed by atoms with Crippen molar-refractivity contribution in [3.8, 4) is 0 Å². The second kappa shape index (κ2) is 14.4. The number of alkyl halides is 3. The molecule has 1 atom stereocenters. The maximum absolute atomic E-state index is 14.0. The van der Waals surface area contributed by atoms with E-state index in [4.69, 9.17) is 0 Å². The second-order valence-corrected chi connectivity index (χ2v) is 12.1. The number of carbonyl (C=O) groups excluding carboxylic acids is 2. The monoisotopic (exact) mass is 603 g/mol.